The Morgan fingerprint density at radius 3 is 2.50 bits per heavy atom. The second kappa shape index (κ2) is 4.19. The van der Waals surface area contributed by atoms with Crippen LogP contribution >= 0.6 is 0 Å². The lowest BCUT2D eigenvalue weighted by atomic mass is 9.93. The molecule has 1 heterocycles. The summed E-state index contributed by atoms with van der Waals surface area (Å²) in [5.74, 6) is 0. The van der Waals surface area contributed by atoms with E-state index in [2.05, 4.69) is 11.8 Å². The number of hydrogen-bond donors (Lipinski definition) is 1. The van der Waals surface area contributed by atoms with Crippen molar-refractivity contribution >= 4 is 0 Å². The lowest BCUT2D eigenvalue weighted by Crippen LogP contribution is -2.47. The smallest absolute Gasteiger partial charge is 0.0212 e. The molecule has 2 N–H and O–H groups in total. The van der Waals surface area contributed by atoms with Crippen molar-refractivity contribution in [2.45, 2.75) is 63.5 Å². The second-order valence-electron chi connectivity index (χ2n) is 5.15. The highest BCUT2D eigenvalue weighted by molar-refractivity contribution is 5.00. The zero-order valence-electron chi connectivity index (χ0n) is 9.47. The second-order valence-corrected chi connectivity index (χ2v) is 5.15. The predicted molar refractivity (Wildman–Crippen MR) is 60.3 cm³/mol. The zero-order valence-corrected chi connectivity index (χ0v) is 9.47. The van der Waals surface area contributed by atoms with Crippen molar-refractivity contribution < 1.29 is 0 Å². The van der Waals surface area contributed by atoms with Gasteiger partial charge in [-0.1, -0.05) is 12.8 Å². The van der Waals surface area contributed by atoms with Crippen molar-refractivity contribution in [3.05, 3.63) is 0 Å². The molecule has 0 bridgehead atoms. The van der Waals surface area contributed by atoms with E-state index in [1.54, 1.807) is 0 Å². The van der Waals surface area contributed by atoms with Crippen LogP contribution in [0.15, 0.2) is 0 Å². The SMILES string of the molecule is CC(CCN)N1CCCC12CCCC2. The summed E-state index contributed by atoms with van der Waals surface area (Å²) in [6.45, 7) is 4.52. The summed E-state index contributed by atoms with van der Waals surface area (Å²) in [4.78, 5) is 2.77. The van der Waals surface area contributed by atoms with Gasteiger partial charge in [-0.05, 0) is 52.1 Å². The molecule has 1 atom stereocenters. The van der Waals surface area contributed by atoms with Crippen molar-refractivity contribution in [1.82, 2.24) is 4.90 Å². The van der Waals surface area contributed by atoms with Crippen LogP contribution in [0, 0.1) is 0 Å². The predicted octanol–water partition coefficient (Wildman–Crippen LogP) is 2.13. The van der Waals surface area contributed by atoms with Crippen LogP contribution in [0.1, 0.15) is 51.9 Å². The molecule has 1 saturated heterocycles. The average molecular weight is 196 g/mol. The van der Waals surface area contributed by atoms with E-state index in [0.29, 0.717) is 11.6 Å². The van der Waals surface area contributed by atoms with Gasteiger partial charge in [-0.3, -0.25) is 4.90 Å². The lowest BCUT2D eigenvalue weighted by Gasteiger charge is -2.39. The normalized spacial score (nSPS) is 28.7. The highest BCUT2D eigenvalue weighted by Gasteiger charge is 2.44. The van der Waals surface area contributed by atoms with E-state index in [-0.39, 0.29) is 0 Å². The van der Waals surface area contributed by atoms with Gasteiger partial charge in [0.1, 0.15) is 0 Å². The van der Waals surface area contributed by atoms with Gasteiger partial charge >= 0.3 is 0 Å². The maximum absolute atomic E-state index is 5.66. The molecule has 1 aliphatic carbocycles. The molecular weight excluding hydrogens is 172 g/mol. The molecule has 1 unspecified atom stereocenters. The van der Waals surface area contributed by atoms with Crippen molar-refractivity contribution in [3.8, 4) is 0 Å². The van der Waals surface area contributed by atoms with Crippen LogP contribution in [0.25, 0.3) is 0 Å². The minimum atomic E-state index is 0.606. The number of likely N-dealkylation sites (tertiary alicyclic amines) is 1. The molecule has 0 aromatic rings. The fourth-order valence-corrected chi connectivity index (χ4v) is 3.61. The van der Waals surface area contributed by atoms with Crippen LogP contribution in [0.4, 0.5) is 0 Å². The third kappa shape index (κ3) is 1.70. The van der Waals surface area contributed by atoms with E-state index < -0.39 is 0 Å². The zero-order chi connectivity index (χ0) is 10.0. The fraction of sp³-hybridized carbons (Fsp3) is 1.00. The molecule has 82 valence electrons. The van der Waals surface area contributed by atoms with Gasteiger partial charge in [-0.2, -0.15) is 0 Å². The van der Waals surface area contributed by atoms with Gasteiger partial charge < -0.3 is 5.73 Å². The molecule has 0 aromatic carbocycles. The Labute approximate surface area is 87.8 Å². The summed E-state index contributed by atoms with van der Waals surface area (Å²) in [7, 11) is 0. The summed E-state index contributed by atoms with van der Waals surface area (Å²) in [5.41, 5.74) is 6.26. The first kappa shape index (κ1) is 10.4. The number of hydrogen-bond acceptors (Lipinski definition) is 2. The van der Waals surface area contributed by atoms with Crippen LogP contribution in [0.3, 0.4) is 0 Å². The molecule has 2 heteroatoms. The Hall–Kier alpha value is -0.0800. The molecule has 14 heavy (non-hydrogen) atoms. The molecule has 2 fully saturated rings. The molecule has 0 aromatic heterocycles. The maximum atomic E-state index is 5.66. The number of rotatable bonds is 3. The number of nitrogens with two attached hydrogens (primary N) is 1. The van der Waals surface area contributed by atoms with Gasteiger partial charge in [0.25, 0.3) is 0 Å². The van der Waals surface area contributed by atoms with E-state index in [1.165, 1.54) is 51.5 Å². The molecule has 1 aliphatic heterocycles. The van der Waals surface area contributed by atoms with E-state index in [0.717, 1.165) is 6.54 Å². The molecule has 1 saturated carbocycles. The van der Waals surface area contributed by atoms with E-state index in [4.69, 9.17) is 5.73 Å². The quantitative estimate of drug-likeness (QED) is 0.749. The van der Waals surface area contributed by atoms with E-state index in [1.807, 2.05) is 0 Å². The molecule has 2 nitrogen and oxygen atoms in total. The van der Waals surface area contributed by atoms with Crippen LogP contribution in [-0.2, 0) is 0 Å². The fourth-order valence-electron chi connectivity index (χ4n) is 3.61. The Balaban J connectivity index is 2.02. The minimum Gasteiger partial charge on any atom is -0.330 e. The summed E-state index contributed by atoms with van der Waals surface area (Å²) >= 11 is 0. The average Bonchev–Trinajstić information content (AvgIpc) is 2.78. The highest BCUT2D eigenvalue weighted by Crippen LogP contribution is 2.44. The number of nitrogens with zero attached hydrogens (tertiary/aromatic N) is 1. The molecule has 0 radical (unpaired) electrons. The Bertz CT molecular complexity index is 179. The molecule has 2 rings (SSSR count). The van der Waals surface area contributed by atoms with E-state index in [9.17, 15) is 0 Å². The lowest BCUT2D eigenvalue weighted by molar-refractivity contribution is 0.0950. The van der Waals surface area contributed by atoms with Crippen molar-refractivity contribution in [3.63, 3.8) is 0 Å². The van der Waals surface area contributed by atoms with Crippen LogP contribution in [0.5, 0.6) is 0 Å². The van der Waals surface area contributed by atoms with Crippen LogP contribution in [0.2, 0.25) is 0 Å². The van der Waals surface area contributed by atoms with Gasteiger partial charge in [0.05, 0.1) is 0 Å². The Kier molecular flexibility index (Phi) is 3.13. The highest BCUT2D eigenvalue weighted by atomic mass is 15.2. The monoisotopic (exact) mass is 196 g/mol. The topological polar surface area (TPSA) is 29.3 Å². The summed E-state index contributed by atoms with van der Waals surface area (Å²) in [5, 5.41) is 0. The Morgan fingerprint density at radius 1 is 1.21 bits per heavy atom. The summed E-state index contributed by atoms with van der Waals surface area (Å²) in [6.07, 6.45) is 9.82. The van der Waals surface area contributed by atoms with E-state index >= 15 is 0 Å². The third-order valence-electron chi connectivity index (χ3n) is 4.30. The van der Waals surface area contributed by atoms with Gasteiger partial charge in [0, 0.05) is 11.6 Å². The summed E-state index contributed by atoms with van der Waals surface area (Å²) in [6, 6.07) is 0.709. The van der Waals surface area contributed by atoms with Crippen molar-refractivity contribution in [2.75, 3.05) is 13.1 Å². The molecular formula is C12H24N2. The maximum Gasteiger partial charge on any atom is 0.0212 e. The standard InChI is InChI=1S/C12H24N2/c1-11(5-9-13)14-10-4-8-12(14)6-2-3-7-12/h11H,2-10,13H2,1H3. The molecule has 2 aliphatic rings. The minimum absolute atomic E-state index is 0.606. The molecule has 1 spiro atoms. The molecule has 0 amide bonds. The van der Waals surface area contributed by atoms with Gasteiger partial charge in [0.2, 0.25) is 0 Å². The Morgan fingerprint density at radius 2 is 1.86 bits per heavy atom. The first-order valence-electron chi connectivity index (χ1n) is 6.25. The first-order valence-corrected chi connectivity index (χ1v) is 6.25. The van der Waals surface area contributed by atoms with Crippen molar-refractivity contribution in [2.24, 2.45) is 5.73 Å². The van der Waals surface area contributed by atoms with Crippen LogP contribution in [-0.4, -0.2) is 29.6 Å². The van der Waals surface area contributed by atoms with Crippen molar-refractivity contribution in [1.29, 1.82) is 0 Å². The largest absolute Gasteiger partial charge is 0.330 e. The van der Waals surface area contributed by atoms with Gasteiger partial charge in [0.15, 0.2) is 0 Å². The third-order valence-corrected chi connectivity index (χ3v) is 4.30. The van der Waals surface area contributed by atoms with Crippen LogP contribution < -0.4 is 5.73 Å². The first-order chi connectivity index (χ1) is 6.78. The van der Waals surface area contributed by atoms with Gasteiger partial charge in [-0.15, -0.1) is 0 Å². The van der Waals surface area contributed by atoms with Gasteiger partial charge in [-0.25, -0.2) is 0 Å². The summed E-state index contributed by atoms with van der Waals surface area (Å²) < 4.78 is 0.